The van der Waals surface area contributed by atoms with Crippen LogP contribution in [0.25, 0.3) is 0 Å². The third-order valence-corrected chi connectivity index (χ3v) is 5.05. The number of carboxylic acid groups (broad SMARTS) is 1. The van der Waals surface area contributed by atoms with Crippen LogP contribution in [0, 0.1) is 11.8 Å². The van der Waals surface area contributed by atoms with Gasteiger partial charge in [0, 0.05) is 11.6 Å². The Morgan fingerprint density at radius 2 is 1.52 bits per heavy atom. The van der Waals surface area contributed by atoms with E-state index >= 15 is 0 Å². The zero-order valence-corrected chi connectivity index (χ0v) is 14.7. The van der Waals surface area contributed by atoms with Gasteiger partial charge in [0.1, 0.15) is 0 Å². The van der Waals surface area contributed by atoms with Crippen molar-refractivity contribution >= 4 is 5.97 Å². The summed E-state index contributed by atoms with van der Waals surface area (Å²) < 4.78 is 0. The zero-order chi connectivity index (χ0) is 16.0. The van der Waals surface area contributed by atoms with E-state index in [4.69, 9.17) is 0 Å². The first kappa shape index (κ1) is 18.5. The second kappa shape index (κ2) is 8.17. The molecular weight excluding hydrogens is 262 g/mol. The molecule has 124 valence electrons. The topological polar surface area (TPSA) is 40.5 Å². The molecule has 1 saturated carbocycles. The molecule has 0 aliphatic heterocycles. The smallest absolute Gasteiger partial charge is 0.305 e. The van der Waals surface area contributed by atoms with Crippen molar-refractivity contribution < 1.29 is 9.90 Å². The highest BCUT2D eigenvalue weighted by Crippen LogP contribution is 2.38. The summed E-state index contributed by atoms with van der Waals surface area (Å²) in [7, 11) is 2.18. The molecule has 0 atom stereocenters. The van der Waals surface area contributed by atoms with Gasteiger partial charge in [0.25, 0.3) is 0 Å². The van der Waals surface area contributed by atoms with E-state index in [-0.39, 0.29) is 5.54 Å². The molecule has 0 aromatic rings. The molecule has 0 heterocycles. The van der Waals surface area contributed by atoms with E-state index in [2.05, 4.69) is 39.6 Å². The zero-order valence-electron chi connectivity index (χ0n) is 14.7. The highest BCUT2D eigenvalue weighted by molar-refractivity contribution is 5.68. The SMILES string of the molecule is CC(C)CC(CC(C)C)N(C)C1(CC(=O)O)CCCCC1. The summed E-state index contributed by atoms with van der Waals surface area (Å²) in [6, 6.07) is 0.502. The summed E-state index contributed by atoms with van der Waals surface area (Å²) in [5.74, 6) is 0.667. The lowest BCUT2D eigenvalue weighted by atomic mass is 9.76. The van der Waals surface area contributed by atoms with Gasteiger partial charge in [-0.3, -0.25) is 9.69 Å². The number of carboxylic acids is 1. The van der Waals surface area contributed by atoms with Crippen LogP contribution in [0.3, 0.4) is 0 Å². The van der Waals surface area contributed by atoms with Gasteiger partial charge in [-0.25, -0.2) is 0 Å². The van der Waals surface area contributed by atoms with Crippen molar-refractivity contribution in [1.82, 2.24) is 4.90 Å². The van der Waals surface area contributed by atoms with Gasteiger partial charge in [0.15, 0.2) is 0 Å². The minimum Gasteiger partial charge on any atom is -0.481 e. The van der Waals surface area contributed by atoms with Gasteiger partial charge in [0.2, 0.25) is 0 Å². The molecule has 1 rings (SSSR count). The number of nitrogens with zero attached hydrogens (tertiary/aromatic N) is 1. The van der Waals surface area contributed by atoms with Crippen molar-refractivity contribution in [2.45, 2.75) is 90.6 Å². The van der Waals surface area contributed by atoms with E-state index in [0.29, 0.717) is 24.3 Å². The standard InChI is InChI=1S/C18H35NO2/c1-14(2)11-16(12-15(3)4)19(5)18(13-17(20)21)9-7-6-8-10-18/h14-16H,6-13H2,1-5H3,(H,20,21). The van der Waals surface area contributed by atoms with E-state index in [1.807, 2.05) is 0 Å². The quantitative estimate of drug-likeness (QED) is 0.714. The van der Waals surface area contributed by atoms with Gasteiger partial charge >= 0.3 is 5.97 Å². The second-order valence-electron chi connectivity index (χ2n) is 7.88. The van der Waals surface area contributed by atoms with Crippen LogP contribution in [0.1, 0.15) is 79.1 Å². The normalized spacial score (nSPS) is 18.9. The molecule has 0 unspecified atom stereocenters. The maximum atomic E-state index is 11.4. The predicted molar refractivity (Wildman–Crippen MR) is 88.5 cm³/mol. The maximum absolute atomic E-state index is 11.4. The van der Waals surface area contributed by atoms with Crippen LogP contribution < -0.4 is 0 Å². The van der Waals surface area contributed by atoms with E-state index in [0.717, 1.165) is 25.7 Å². The number of rotatable bonds is 8. The molecule has 1 aliphatic rings. The fourth-order valence-electron chi connectivity index (χ4n) is 4.03. The van der Waals surface area contributed by atoms with Gasteiger partial charge in [-0.15, -0.1) is 0 Å². The first-order chi connectivity index (χ1) is 9.77. The molecule has 1 fully saturated rings. The van der Waals surface area contributed by atoms with Crippen molar-refractivity contribution in [2.24, 2.45) is 11.8 Å². The molecule has 21 heavy (non-hydrogen) atoms. The van der Waals surface area contributed by atoms with Crippen LogP contribution in [0.5, 0.6) is 0 Å². The van der Waals surface area contributed by atoms with Crippen molar-refractivity contribution in [1.29, 1.82) is 0 Å². The van der Waals surface area contributed by atoms with Crippen LogP contribution in [-0.2, 0) is 4.79 Å². The number of hydrogen-bond donors (Lipinski definition) is 1. The Bertz CT molecular complexity index is 309. The van der Waals surface area contributed by atoms with Crippen LogP contribution >= 0.6 is 0 Å². The van der Waals surface area contributed by atoms with Gasteiger partial charge in [-0.1, -0.05) is 47.0 Å². The van der Waals surface area contributed by atoms with Crippen molar-refractivity contribution in [2.75, 3.05) is 7.05 Å². The lowest BCUT2D eigenvalue weighted by Crippen LogP contribution is -2.54. The molecule has 0 saturated heterocycles. The van der Waals surface area contributed by atoms with Gasteiger partial charge in [-0.05, 0) is 44.6 Å². The molecule has 0 spiro atoms. The molecule has 0 bridgehead atoms. The monoisotopic (exact) mass is 297 g/mol. The number of aliphatic carboxylic acids is 1. The maximum Gasteiger partial charge on any atom is 0.305 e. The van der Waals surface area contributed by atoms with E-state index in [9.17, 15) is 9.90 Å². The number of carbonyl (C=O) groups is 1. The van der Waals surface area contributed by atoms with Crippen LogP contribution in [0.15, 0.2) is 0 Å². The lowest BCUT2D eigenvalue weighted by molar-refractivity contribution is -0.141. The van der Waals surface area contributed by atoms with E-state index < -0.39 is 5.97 Å². The predicted octanol–water partition coefficient (Wildman–Crippen LogP) is 4.56. The summed E-state index contributed by atoms with van der Waals surface area (Å²) >= 11 is 0. The molecule has 3 heteroatoms. The Balaban J connectivity index is 2.92. The number of hydrogen-bond acceptors (Lipinski definition) is 2. The van der Waals surface area contributed by atoms with Crippen LogP contribution in [0.4, 0.5) is 0 Å². The Hall–Kier alpha value is -0.570. The first-order valence-corrected chi connectivity index (χ1v) is 8.71. The minimum absolute atomic E-state index is 0.113. The molecular formula is C18H35NO2. The third-order valence-electron chi connectivity index (χ3n) is 5.05. The first-order valence-electron chi connectivity index (χ1n) is 8.71. The van der Waals surface area contributed by atoms with Gasteiger partial charge in [-0.2, -0.15) is 0 Å². The fourth-order valence-corrected chi connectivity index (χ4v) is 4.03. The second-order valence-corrected chi connectivity index (χ2v) is 7.88. The molecule has 1 N–H and O–H groups in total. The Kier molecular flexibility index (Phi) is 7.19. The summed E-state index contributed by atoms with van der Waals surface area (Å²) in [5.41, 5.74) is -0.113. The average Bonchev–Trinajstić information content (AvgIpc) is 2.36. The van der Waals surface area contributed by atoms with E-state index in [1.165, 1.54) is 19.3 Å². The van der Waals surface area contributed by atoms with E-state index in [1.54, 1.807) is 0 Å². The highest BCUT2D eigenvalue weighted by Gasteiger charge is 2.41. The fraction of sp³-hybridized carbons (Fsp3) is 0.944. The average molecular weight is 297 g/mol. The summed E-state index contributed by atoms with van der Waals surface area (Å²) in [5, 5.41) is 9.40. The van der Waals surface area contributed by atoms with Crippen molar-refractivity contribution in [3.63, 3.8) is 0 Å². The van der Waals surface area contributed by atoms with Gasteiger partial charge in [0.05, 0.1) is 6.42 Å². The van der Waals surface area contributed by atoms with Crippen LogP contribution in [-0.4, -0.2) is 34.6 Å². The molecule has 1 aliphatic carbocycles. The lowest BCUT2D eigenvalue weighted by Gasteiger charge is -2.48. The Morgan fingerprint density at radius 3 is 1.90 bits per heavy atom. The summed E-state index contributed by atoms with van der Waals surface area (Å²) in [6.07, 6.45) is 8.32. The molecule has 3 nitrogen and oxygen atoms in total. The molecule has 0 aromatic carbocycles. The molecule has 0 amide bonds. The molecule has 0 radical (unpaired) electrons. The van der Waals surface area contributed by atoms with Crippen molar-refractivity contribution in [3.8, 4) is 0 Å². The summed E-state index contributed by atoms with van der Waals surface area (Å²) in [6.45, 7) is 9.08. The Labute approximate surface area is 131 Å². The third kappa shape index (κ3) is 5.61. The largest absolute Gasteiger partial charge is 0.481 e. The molecule has 0 aromatic heterocycles. The van der Waals surface area contributed by atoms with Gasteiger partial charge < -0.3 is 5.11 Å². The minimum atomic E-state index is -0.642. The van der Waals surface area contributed by atoms with Crippen molar-refractivity contribution in [3.05, 3.63) is 0 Å². The highest BCUT2D eigenvalue weighted by atomic mass is 16.4. The van der Waals surface area contributed by atoms with Crippen LogP contribution in [0.2, 0.25) is 0 Å². The summed E-state index contributed by atoms with van der Waals surface area (Å²) in [4.78, 5) is 13.9. The Morgan fingerprint density at radius 1 is 1.05 bits per heavy atom.